The van der Waals surface area contributed by atoms with E-state index < -0.39 is 17.6 Å². The van der Waals surface area contributed by atoms with E-state index in [1.807, 2.05) is 31.2 Å². The maximum Gasteiger partial charge on any atom is 0.416 e. The van der Waals surface area contributed by atoms with E-state index in [0.717, 1.165) is 29.8 Å². The summed E-state index contributed by atoms with van der Waals surface area (Å²) in [5.41, 5.74) is 1.17. The lowest BCUT2D eigenvalue weighted by molar-refractivity contribution is -0.137. The molecule has 0 bridgehead atoms. The molecular formula is C27H25F3N4O4. The van der Waals surface area contributed by atoms with E-state index in [-0.39, 0.29) is 18.2 Å². The van der Waals surface area contributed by atoms with E-state index >= 15 is 0 Å². The Kier molecular flexibility index (Phi) is 8.27. The normalized spacial score (nSPS) is 11.3. The van der Waals surface area contributed by atoms with Crippen LogP contribution < -0.4 is 14.8 Å². The lowest BCUT2D eigenvalue weighted by Crippen LogP contribution is -2.13. The number of methoxy groups -OCH3 is 1. The highest BCUT2D eigenvalue weighted by Gasteiger charge is 2.30. The van der Waals surface area contributed by atoms with Crippen molar-refractivity contribution in [2.75, 3.05) is 32.2 Å². The lowest BCUT2D eigenvalue weighted by atomic mass is 10.1. The van der Waals surface area contributed by atoms with Crippen molar-refractivity contribution in [3.8, 4) is 28.8 Å². The molecule has 4 rings (SSSR count). The molecule has 0 aliphatic carbocycles. The third kappa shape index (κ3) is 6.48. The number of benzene rings is 3. The average molecular weight is 527 g/mol. The van der Waals surface area contributed by atoms with Gasteiger partial charge in [0, 0.05) is 23.4 Å². The number of amides is 1. The molecule has 0 saturated heterocycles. The van der Waals surface area contributed by atoms with Crippen LogP contribution in [0.3, 0.4) is 0 Å². The minimum Gasteiger partial charge on any atom is -0.497 e. The van der Waals surface area contributed by atoms with E-state index in [1.54, 1.807) is 36.1 Å². The molecule has 4 aromatic rings. The van der Waals surface area contributed by atoms with Gasteiger partial charge in [-0.15, -0.1) is 5.10 Å². The Hall–Kier alpha value is -4.38. The molecule has 1 amide bonds. The van der Waals surface area contributed by atoms with Gasteiger partial charge in [0.15, 0.2) is 5.82 Å². The molecule has 198 valence electrons. The third-order valence-electron chi connectivity index (χ3n) is 5.44. The molecule has 3 aromatic carbocycles. The second kappa shape index (κ2) is 11.8. The first-order chi connectivity index (χ1) is 18.3. The Morgan fingerprint density at radius 2 is 1.63 bits per heavy atom. The first kappa shape index (κ1) is 26.7. The number of hydrogen-bond donors (Lipinski definition) is 1. The third-order valence-corrected chi connectivity index (χ3v) is 5.44. The van der Waals surface area contributed by atoms with E-state index in [4.69, 9.17) is 14.2 Å². The zero-order chi connectivity index (χ0) is 27.1. The number of nitrogens with zero attached hydrogens (tertiary/aromatic N) is 3. The zero-order valence-corrected chi connectivity index (χ0v) is 20.7. The Morgan fingerprint density at radius 3 is 2.24 bits per heavy atom. The number of anilines is 1. The zero-order valence-electron chi connectivity index (χ0n) is 20.7. The van der Waals surface area contributed by atoms with Gasteiger partial charge in [-0.2, -0.15) is 18.2 Å². The SMILES string of the molecule is CCOCCOc1nc(-c2ccc(OC)cc2)n(-c2ccc(NC(=O)c3ccc(C(F)(F)F)cc3)cc2)n1. The monoisotopic (exact) mass is 526 g/mol. The van der Waals surface area contributed by atoms with Gasteiger partial charge in [0.1, 0.15) is 12.4 Å². The minimum absolute atomic E-state index is 0.106. The second-order valence-corrected chi connectivity index (χ2v) is 7.98. The number of alkyl halides is 3. The molecule has 1 heterocycles. The first-order valence-corrected chi connectivity index (χ1v) is 11.7. The number of nitrogens with one attached hydrogen (secondary N) is 1. The van der Waals surface area contributed by atoms with Crippen molar-refractivity contribution in [1.82, 2.24) is 14.8 Å². The van der Waals surface area contributed by atoms with Crippen molar-refractivity contribution in [2.45, 2.75) is 13.1 Å². The first-order valence-electron chi connectivity index (χ1n) is 11.7. The van der Waals surface area contributed by atoms with Crippen molar-refractivity contribution in [3.63, 3.8) is 0 Å². The maximum absolute atomic E-state index is 12.8. The molecule has 0 aliphatic heterocycles. The largest absolute Gasteiger partial charge is 0.497 e. The van der Waals surface area contributed by atoms with Crippen molar-refractivity contribution < 1.29 is 32.2 Å². The summed E-state index contributed by atoms with van der Waals surface area (Å²) >= 11 is 0. The van der Waals surface area contributed by atoms with Crippen LogP contribution in [0.5, 0.6) is 11.8 Å². The molecule has 0 atom stereocenters. The fourth-order valence-corrected chi connectivity index (χ4v) is 3.50. The van der Waals surface area contributed by atoms with Gasteiger partial charge in [-0.3, -0.25) is 4.79 Å². The number of ether oxygens (including phenoxy) is 3. The van der Waals surface area contributed by atoms with Crippen LogP contribution in [0.1, 0.15) is 22.8 Å². The predicted octanol–water partition coefficient (Wildman–Crippen LogP) is 5.63. The molecule has 1 aromatic heterocycles. The topological polar surface area (TPSA) is 87.5 Å². The molecule has 0 spiro atoms. The number of aromatic nitrogens is 3. The quantitative estimate of drug-likeness (QED) is 0.270. The number of halogens is 3. The van der Waals surface area contributed by atoms with Crippen LogP contribution in [0.25, 0.3) is 17.1 Å². The fraction of sp³-hybridized carbons (Fsp3) is 0.222. The summed E-state index contributed by atoms with van der Waals surface area (Å²) in [4.78, 5) is 17.0. The number of carbonyl (C=O) groups is 1. The van der Waals surface area contributed by atoms with Crippen molar-refractivity contribution in [1.29, 1.82) is 0 Å². The van der Waals surface area contributed by atoms with Crippen LogP contribution in [-0.4, -0.2) is 47.6 Å². The Balaban J connectivity index is 1.54. The van der Waals surface area contributed by atoms with Crippen molar-refractivity contribution in [2.24, 2.45) is 0 Å². The van der Waals surface area contributed by atoms with Crippen molar-refractivity contribution in [3.05, 3.63) is 83.9 Å². The lowest BCUT2D eigenvalue weighted by Gasteiger charge is -2.10. The number of rotatable bonds is 10. The Bertz CT molecular complexity index is 1350. The van der Waals surface area contributed by atoms with Gasteiger partial charge in [-0.1, -0.05) is 0 Å². The summed E-state index contributed by atoms with van der Waals surface area (Å²) in [6.07, 6.45) is -4.47. The number of hydrogen-bond acceptors (Lipinski definition) is 6. The summed E-state index contributed by atoms with van der Waals surface area (Å²) in [5, 5.41) is 7.16. The maximum atomic E-state index is 12.8. The number of carbonyl (C=O) groups excluding carboxylic acids is 1. The molecule has 0 saturated carbocycles. The van der Waals surface area contributed by atoms with E-state index in [1.165, 1.54) is 0 Å². The van der Waals surface area contributed by atoms with Crippen LogP contribution in [-0.2, 0) is 10.9 Å². The van der Waals surface area contributed by atoms with Crippen LogP contribution in [0.4, 0.5) is 18.9 Å². The van der Waals surface area contributed by atoms with Crippen LogP contribution in [0, 0.1) is 0 Å². The highest BCUT2D eigenvalue weighted by Crippen LogP contribution is 2.29. The van der Waals surface area contributed by atoms with Gasteiger partial charge < -0.3 is 19.5 Å². The van der Waals surface area contributed by atoms with Gasteiger partial charge in [-0.25, -0.2) is 4.68 Å². The summed E-state index contributed by atoms with van der Waals surface area (Å²) in [6.45, 7) is 3.15. The molecule has 38 heavy (non-hydrogen) atoms. The molecule has 0 unspecified atom stereocenters. The summed E-state index contributed by atoms with van der Waals surface area (Å²) in [7, 11) is 1.58. The molecule has 1 N–H and O–H groups in total. The van der Waals surface area contributed by atoms with Crippen molar-refractivity contribution >= 4 is 11.6 Å². The van der Waals surface area contributed by atoms with Crippen LogP contribution in [0.2, 0.25) is 0 Å². The predicted molar refractivity (Wildman–Crippen MR) is 135 cm³/mol. The molecular weight excluding hydrogens is 501 g/mol. The molecule has 8 nitrogen and oxygen atoms in total. The highest BCUT2D eigenvalue weighted by atomic mass is 19.4. The van der Waals surface area contributed by atoms with Gasteiger partial charge in [-0.05, 0) is 79.7 Å². The molecule has 0 aliphatic rings. The summed E-state index contributed by atoms with van der Waals surface area (Å²) in [5.74, 6) is 0.692. The van der Waals surface area contributed by atoms with Gasteiger partial charge in [0.2, 0.25) is 0 Å². The van der Waals surface area contributed by atoms with Crippen LogP contribution >= 0.6 is 0 Å². The fourth-order valence-electron chi connectivity index (χ4n) is 3.50. The summed E-state index contributed by atoms with van der Waals surface area (Å²) < 4.78 is 56.1. The standard InChI is InChI=1S/C27H25F3N4O4/c1-3-37-16-17-38-26-32-24(18-6-14-23(36-2)15-7-18)34(33-26)22-12-10-21(11-13-22)31-25(35)19-4-8-20(9-5-19)27(28,29)30/h4-15H,3,16-17H2,1-2H3,(H,31,35). The van der Waals surface area contributed by atoms with E-state index in [2.05, 4.69) is 15.4 Å². The van der Waals surface area contributed by atoms with E-state index in [9.17, 15) is 18.0 Å². The second-order valence-electron chi connectivity index (χ2n) is 7.98. The van der Waals surface area contributed by atoms with Gasteiger partial charge >= 0.3 is 12.2 Å². The molecule has 11 heteroatoms. The average Bonchev–Trinajstić information content (AvgIpc) is 3.35. The van der Waals surface area contributed by atoms with Gasteiger partial charge in [0.05, 0.1) is 25.0 Å². The van der Waals surface area contributed by atoms with Gasteiger partial charge in [0.25, 0.3) is 5.91 Å². The van der Waals surface area contributed by atoms with E-state index in [0.29, 0.717) is 36.2 Å². The smallest absolute Gasteiger partial charge is 0.416 e. The van der Waals surface area contributed by atoms with Crippen LogP contribution in [0.15, 0.2) is 72.8 Å². The Labute approximate surface area is 217 Å². The molecule has 0 radical (unpaired) electrons. The highest BCUT2D eigenvalue weighted by molar-refractivity contribution is 6.04. The Morgan fingerprint density at radius 1 is 0.947 bits per heavy atom. The molecule has 0 fully saturated rings. The minimum atomic E-state index is -4.47. The summed E-state index contributed by atoms with van der Waals surface area (Å²) in [6, 6.07) is 18.3.